The van der Waals surface area contributed by atoms with E-state index in [1.807, 2.05) is 13.8 Å². The molecule has 0 bridgehead atoms. The van der Waals surface area contributed by atoms with Crippen molar-refractivity contribution in [2.75, 3.05) is 0 Å². The van der Waals surface area contributed by atoms with Crippen LogP contribution in [-0.4, -0.2) is 21.4 Å². The van der Waals surface area contributed by atoms with E-state index in [-0.39, 0.29) is 5.75 Å². The first kappa shape index (κ1) is 14.3. The lowest BCUT2D eigenvalue weighted by Gasteiger charge is -2.38. The average Bonchev–Trinajstić information content (AvgIpc) is 2.15. The molecule has 0 atom stereocenters. The number of hydrogen-bond donors (Lipinski definition) is 3. The van der Waals surface area contributed by atoms with Gasteiger partial charge in [-0.1, -0.05) is 17.7 Å². The summed E-state index contributed by atoms with van der Waals surface area (Å²) in [7, 11) is 0. The van der Waals surface area contributed by atoms with Crippen molar-refractivity contribution in [2.45, 2.75) is 45.4 Å². The number of halogens is 1. The molecule has 0 aliphatic heterocycles. The van der Waals surface area contributed by atoms with Crippen LogP contribution in [0.2, 0.25) is 5.02 Å². The molecule has 1 rings (SSSR count). The Bertz CT molecular complexity index is 377. The van der Waals surface area contributed by atoms with Gasteiger partial charge in [0.15, 0.2) is 0 Å². The largest absolute Gasteiger partial charge is 0.508 e. The minimum absolute atomic E-state index is 0.163. The van der Waals surface area contributed by atoms with Crippen LogP contribution in [0.1, 0.15) is 33.3 Å². The maximum atomic E-state index is 10.0. The van der Waals surface area contributed by atoms with Crippen LogP contribution in [-0.2, 0) is 6.54 Å². The number of nitrogens with one attached hydrogen (secondary N) is 1. The number of phenols is 1. The Kier molecular flexibility index (Phi) is 4.07. The van der Waals surface area contributed by atoms with Crippen LogP contribution in [0.15, 0.2) is 18.2 Å². The monoisotopic (exact) mass is 257 g/mol. The Balaban J connectivity index is 2.81. The Labute approximate surface area is 107 Å². The summed E-state index contributed by atoms with van der Waals surface area (Å²) in [4.78, 5) is 0. The first-order valence-corrected chi connectivity index (χ1v) is 5.97. The van der Waals surface area contributed by atoms with Crippen LogP contribution in [0, 0.1) is 0 Å². The molecular formula is C13H20ClNO2. The molecule has 0 aliphatic carbocycles. The van der Waals surface area contributed by atoms with E-state index in [4.69, 9.17) is 11.6 Å². The lowest BCUT2D eigenvalue weighted by Crippen LogP contribution is -2.55. The number of rotatable bonds is 4. The number of phenolic OH excluding ortho intramolecular Hbond substituents is 1. The first-order chi connectivity index (χ1) is 7.65. The molecule has 0 unspecified atom stereocenters. The highest BCUT2D eigenvalue weighted by atomic mass is 35.5. The molecule has 0 saturated heterocycles. The van der Waals surface area contributed by atoms with Gasteiger partial charge in [0.05, 0.1) is 5.60 Å². The maximum absolute atomic E-state index is 10.0. The summed E-state index contributed by atoms with van der Waals surface area (Å²) in [6, 6.07) is 5.03. The van der Waals surface area contributed by atoms with Gasteiger partial charge in [-0.05, 0) is 39.8 Å². The average molecular weight is 258 g/mol. The van der Waals surface area contributed by atoms with Gasteiger partial charge in [-0.15, -0.1) is 0 Å². The van der Waals surface area contributed by atoms with Crippen molar-refractivity contribution < 1.29 is 10.2 Å². The third kappa shape index (κ3) is 3.35. The lowest BCUT2D eigenvalue weighted by molar-refractivity contribution is -0.00539. The van der Waals surface area contributed by atoms with E-state index in [1.165, 1.54) is 0 Å². The molecule has 96 valence electrons. The van der Waals surface area contributed by atoms with E-state index in [9.17, 15) is 10.2 Å². The van der Waals surface area contributed by atoms with Gasteiger partial charge in [0.1, 0.15) is 5.75 Å². The van der Waals surface area contributed by atoms with Gasteiger partial charge in [-0.2, -0.15) is 0 Å². The molecule has 0 aromatic heterocycles. The molecule has 4 heteroatoms. The van der Waals surface area contributed by atoms with E-state index in [0.717, 1.165) is 0 Å². The Morgan fingerprint density at radius 3 is 2.29 bits per heavy atom. The summed E-state index contributed by atoms with van der Waals surface area (Å²) in [6.07, 6.45) is 0. The van der Waals surface area contributed by atoms with Crippen LogP contribution in [0.3, 0.4) is 0 Å². The molecule has 3 N–H and O–H groups in total. The van der Waals surface area contributed by atoms with Crippen LogP contribution in [0.5, 0.6) is 5.75 Å². The summed E-state index contributed by atoms with van der Waals surface area (Å²) in [5.41, 5.74) is -0.714. The second-order valence-corrected chi connectivity index (χ2v) is 5.68. The Morgan fingerprint density at radius 2 is 1.82 bits per heavy atom. The predicted molar refractivity (Wildman–Crippen MR) is 70.3 cm³/mol. The van der Waals surface area contributed by atoms with Crippen molar-refractivity contribution in [1.29, 1.82) is 0 Å². The van der Waals surface area contributed by atoms with Crippen LogP contribution < -0.4 is 5.32 Å². The molecule has 0 aliphatic rings. The number of aliphatic hydroxyl groups is 1. The van der Waals surface area contributed by atoms with E-state index in [0.29, 0.717) is 17.1 Å². The van der Waals surface area contributed by atoms with Gasteiger partial charge in [-0.3, -0.25) is 0 Å². The summed E-state index contributed by atoms with van der Waals surface area (Å²) >= 11 is 6.01. The molecule has 0 spiro atoms. The van der Waals surface area contributed by atoms with Gasteiger partial charge in [-0.25, -0.2) is 0 Å². The van der Waals surface area contributed by atoms with Crippen molar-refractivity contribution >= 4 is 11.6 Å². The fraction of sp³-hybridized carbons (Fsp3) is 0.538. The number of benzene rings is 1. The molecular weight excluding hydrogens is 238 g/mol. The molecule has 0 radical (unpaired) electrons. The SMILES string of the molecule is CC(C)(O)C(C)(C)NCc1c(O)cccc1Cl. The molecule has 0 fully saturated rings. The van der Waals surface area contributed by atoms with Crippen LogP contribution >= 0.6 is 11.6 Å². The second-order valence-electron chi connectivity index (χ2n) is 5.28. The second kappa shape index (κ2) is 4.84. The van der Waals surface area contributed by atoms with Gasteiger partial charge < -0.3 is 15.5 Å². The Morgan fingerprint density at radius 1 is 1.24 bits per heavy atom. The highest BCUT2D eigenvalue weighted by Crippen LogP contribution is 2.27. The zero-order valence-electron chi connectivity index (χ0n) is 10.7. The third-order valence-corrected chi connectivity index (χ3v) is 3.68. The van der Waals surface area contributed by atoms with Crippen molar-refractivity contribution in [3.63, 3.8) is 0 Å². The van der Waals surface area contributed by atoms with E-state index < -0.39 is 11.1 Å². The van der Waals surface area contributed by atoms with E-state index in [2.05, 4.69) is 5.32 Å². The van der Waals surface area contributed by atoms with E-state index in [1.54, 1.807) is 32.0 Å². The molecule has 1 aromatic rings. The molecule has 0 heterocycles. The van der Waals surface area contributed by atoms with Gasteiger partial charge >= 0.3 is 0 Å². The summed E-state index contributed by atoms with van der Waals surface area (Å²) in [5.74, 6) is 0.163. The molecule has 3 nitrogen and oxygen atoms in total. The summed E-state index contributed by atoms with van der Waals surface area (Å²) < 4.78 is 0. The fourth-order valence-electron chi connectivity index (χ4n) is 1.25. The number of aromatic hydroxyl groups is 1. The van der Waals surface area contributed by atoms with Crippen molar-refractivity contribution in [3.05, 3.63) is 28.8 Å². The van der Waals surface area contributed by atoms with Gasteiger partial charge in [0.2, 0.25) is 0 Å². The smallest absolute Gasteiger partial charge is 0.121 e. The lowest BCUT2D eigenvalue weighted by atomic mass is 9.86. The zero-order chi connectivity index (χ0) is 13.3. The van der Waals surface area contributed by atoms with Gasteiger partial charge in [0, 0.05) is 22.7 Å². The minimum atomic E-state index is -0.871. The standard InChI is InChI=1S/C13H20ClNO2/c1-12(2,13(3,4)17)15-8-9-10(14)6-5-7-11(9)16/h5-7,15-17H,8H2,1-4H3. The molecule has 1 aromatic carbocycles. The third-order valence-electron chi connectivity index (χ3n) is 3.33. The van der Waals surface area contributed by atoms with Crippen molar-refractivity contribution in [1.82, 2.24) is 5.32 Å². The normalized spacial score (nSPS) is 12.8. The minimum Gasteiger partial charge on any atom is -0.508 e. The topological polar surface area (TPSA) is 52.5 Å². The van der Waals surface area contributed by atoms with E-state index >= 15 is 0 Å². The van der Waals surface area contributed by atoms with Gasteiger partial charge in [0.25, 0.3) is 0 Å². The highest BCUT2D eigenvalue weighted by molar-refractivity contribution is 6.31. The summed E-state index contributed by atoms with van der Waals surface area (Å²) in [5, 5.41) is 23.4. The maximum Gasteiger partial charge on any atom is 0.121 e. The summed E-state index contributed by atoms with van der Waals surface area (Å²) in [6.45, 7) is 7.70. The Hall–Kier alpha value is -0.770. The van der Waals surface area contributed by atoms with Crippen LogP contribution in [0.25, 0.3) is 0 Å². The van der Waals surface area contributed by atoms with Crippen LogP contribution in [0.4, 0.5) is 0 Å². The first-order valence-electron chi connectivity index (χ1n) is 5.59. The fourth-order valence-corrected chi connectivity index (χ4v) is 1.48. The van der Waals surface area contributed by atoms with Crippen molar-refractivity contribution in [3.8, 4) is 5.75 Å². The quantitative estimate of drug-likeness (QED) is 0.777. The predicted octanol–water partition coefficient (Wildman–Crippen LogP) is 2.68. The molecule has 0 saturated carbocycles. The zero-order valence-corrected chi connectivity index (χ0v) is 11.5. The van der Waals surface area contributed by atoms with Crippen molar-refractivity contribution in [2.24, 2.45) is 0 Å². The molecule has 0 amide bonds. The molecule has 17 heavy (non-hydrogen) atoms. The number of hydrogen-bond acceptors (Lipinski definition) is 3. The highest BCUT2D eigenvalue weighted by Gasteiger charge is 2.34.